The molecule has 0 aliphatic carbocycles. The van der Waals surface area contributed by atoms with E-state index in [1.807, 2.05) is 27.7 Å². The van der Waals surface area contributed by atoms with E-state index in [1.165, 1.54) is 0 Å². The molecule has 0 aliphatic heterocycles. The SMILES string of the molecule is CCC(C)=C(C)C(=O)O.CCC(C)=C(C)C(=O)O.O=C(O)C(=O)O. The van der Waals surface area contributed by atoms with Crippen molar-refractivity contribution in [2.45, 2.75) is 54.4 Å². The number of aliphatic carboxylic acids is 4. The number of carboxylic acids is 4. The van der Waals surface area contributed by atoms with Gasteiger partial charge in [0.1, 0.15) is 0 Å². The molecule has 0 spiro atoms. The van der Waals surface area contributed by atoms with Gasteiger partial charge < -0.3 is 20.4 Å². The second kappa shape index (κ2) is 14.0. The van der Waals surface area contributed by atoms with Gasteiger partial charge in [0.05, 0.1) is 0 Å². The Bertz CT molecular complexity index is 478. The van der Waals surface area contributed by atoms with Gasteiger partial charge in [-0.1, -0.05) is 25.0 Å². The standard InChI is InChI=1S/2C7H12O2.C2H2O4/c2*1-4-5(2)6(3)7(8)9;3-1(4)2(5)6/h2*4H2,1-3H3,(H,8,9);(H,3,4)(H,5,6). The van der Waals surface area contributed by atoms with E-state index in [0.29, 0.717) is 11.1 Å². The van der Waals surface area contributed by atoms with Gasteiger partial charge >= 0.3 is 23.9 Å². The second-order valence-electron chi connectivity index (χ2n) is 4.74. The molecule has 0 saturated heterocycles. The Morgan fingerprint density at radius 2 is 0.750 bits per heavy atom. The molecule has 0 bridgehead atoms. The quantitative estimate of drug-likeness (QED) is 0.448. The molecule has 0 rings (SSSR count). The van der Waals surface area contributed by atoms with Gasteiger partial charge in [0, 0.05) is 11.1 Å². The molecule has 0 radical (unpaired) electrons. The predicted molar refractivity (Wildman–Crippen MR) is 87.9 cm³/mol. The van der Waals surface area contributed by atoms with Gasteiger partial charge in [-0.2, -0.15) is 0 Å². The van der Waals surface area contributed by atoms with Crippen LogP contribution in [0.4, 0.5) is 0 Å². The molecule has 0 aromatic rings. The minimum Gasteiger partial charge on any atom is -0.478 e. The zero-order chi connectivity index (χ0) is 20.0. The average Bonchev–Trinajstić information content (AvgIpc) is 2.52. The minimum atomic E-state index is -1.82. The topological polar surface area (TPSA) is 149 Å². The number of rotatable bonds is 4. The van der Waals surface area contributed by atoms with Crippen LogP contribution >= 0.6 is 0 Å². The summed E-state index contributed by atoms with van der Waals surface area (Å²) < 4.78 is 0. The van der Waals surface area contributed by atoms with E-state index < -0.39 is 23.9 Å². The van der Waals surface area contributed by atoms with Gasteiger partial charge in [0.15, 0.2) is 0 Å². The van der Waals surface area contributed by atoms with Crippen LogP contribution < -0.4 is 0 Å². The maximum Gasteiger partial charge on any atom is 0.414 e. The van der Waals surface area contributed by atoms with Gasteiger partial charge in [-0.25, -0.2) is 19.2 Å². The van der Waals surface area contributed by atoms with Crippen LogP contribution in [-0.2, 0) is 19.2 Å². The zero-order valence-electron chi connectivity index (χ0n) is 14.8. The third kappa shape index (κ3) is 14.3. The van der Waals surface area contributed by atoms with Crippen LogP contribution in [0, 0.1) is 0 Å². The van der Waals surface area contributed by atoms with Crippen molar-refractivity contribution in [3.8, 4) is 0 Å². The Hall–Kier alpha value is -2.64. The summed E-state index contributed by atoms with van der Waals surface area (Å²) in [5, 5.41) is 31.6. The summed E-state index contributed by atoms with van der Waals surface area (Å²) in [6.07, 6.45) is 1.64. The Morgan fingerprint density at radius 1 is 0.542 bits per heavy atom. The van der Waals surface area contributed by atoms with Crippen molar-refractivity contribution in [2.24, 2.45) is 0 Å². The van der Waals surface area contributed by atoms with Crippen LogP contribution in [0.5, 0.6) is 0 Å². The predicted octanol–water partition coefficient (Wildman–Crippen LogP) is 2.79. The van der Waals surface area contributed by atoms with Crippen molar-refractivity contribution in [3.05, 3.63) is 22.3 Å². The zero-order valence-corrected chi connectivity index (χ0v) is 14.8. The first-order valence-electron chi connectivity index (χ1n) is 7.08. The van der Waals surface area contributed by atoms with Gasteiger partial charge in [0.2, 0.25) is 0 Å². The van der Waals surface area contributed by atoms with Crippen LogP contribution in [0.25, 0.3) is 0 Å². The summed E-state index contributed by atoms with van der Waals surface area (Å²) in [7, 11) is 0. The summed E-state index contributed by atoms with van der Waals surface area (Å²) in [5.41, 5.74) is 2.83. The number of hydrogen-bond donors (Lipinski definition) is 4. The molecule has 138 valence electrons. The van der Waals surface area contributed by atoms with Crippen molar-refractivity contribution < 1.29 is 39.6 Å². The Morgan fingerprint density at radius 3 is 0.792 bits per heavy atom. The number of carboxylic acid groups (broad SMARTS) is 4. The first-order chi connectivity index (χ1) is 10.8. The van der Waals surface area contributed by atoms with Gasteiger partial charge in [-0.05, 0) is 40.5 Å². The molecule has 0 heterocycles. The van der Waals surface area contributed by atoms with Crippen molar-refractivity contribution in [1.29, 1.82) is 0 Å². The highest BCUT2D eigenvalue weighted by Gasteiger charge is 2.04. The summed E-state index contributed by atoms with van der Waals surface area (Å²) >= 11 is 0. The Labute approximate surface area is 141 Å². The van der Waals surface area contributed by atoms with Crippen molar-refractivity contribution in [1.82, 2.24) is 0 Å². The lowest BCUT2D eigenvalue weighted by atomic mass is 10.1. The Balaban J connectivity index is -0.000000282. The highest BCUT2D eigenvalue weighted by Crippen LogP contribution is 2.06. The molecule has 0 saturated carbocycles. The van der Waals surface area contributed by atoms with E-state index in [2.05, 4.69) is 0 Å². The smallest absolute Gasteiger partial charge is 0.414 e. The molecular formula is C16H26O8. The molecule has 0 unspecified atom stereocenters. The van der Waals surface area contributed by atoms with E-state index in [9.17, 15) is 9.59 Å². The minimum absolute atomic E-state index is 0.470. The number of carbonyl (C=O) groups is 4. The molecule has 0 atom stereocenters. The fourth-order valence-corrected chi connectivity index (χ4v) is 0.895. The van der Waals surface area contributed by atoms with Crippen LogP contribution in [0.2, 0.25) is 0 Å². The van der Waals surface area contributed by atoms with E-state index >= 15 is 0 Å². The molecular weight excluding hydrogens is 320 g/mol. The summed E-state index contributed by atoms with van der Waals surface area (Å²) in [6.45, 7) is 10.8. The lowest BCUT2D eigenvalue weighted by Gasteiger charge is -1.97. The van der Waals surface area contributed by atoms with Crippen LogP contribution in [0.3, 0.4) is 0 Å². The fraction of sp³-hybridized carbons (Fsp3) is 0.500. The summed E-state index contributed by atoms with van der Waals surface area (Å²) in [6, 6.07) is 0. The summed E-state index contributed by atoms with van der Waals surface area (Å²) in [5.74, 6) is -5.27. The van der Waals surface area contributed by atoms with E-state index in [4.69, 9.17) is 30.0 Å². The van der Waals surface area contributed by atoms with Crippen LogP contribution in [0.15, 0.2) is 22.3 Å². The third-order valence-corrected chi connectivity index (χ3v) is 3.17. The molecule has 8 nitrogen and oxygen atoms in total. The van der Waals surface area contributed by atoms with E-state index in [1.54, 1.807) is 13.8 Å². The lowest BCUT2D eigenvalue weighted by molar-refractivity contribution is -0.159. The van der Waals surface area contributed by atoms with Gasteiger partial charge in [-0.3, -0.25) is 0 Å². The van der Waals surface area contributed by atoms with Crippen molar-refractivity contribution in [2.75, 3.05) is 0 Å². The molecule has 0 amide bonds. The summed E-state index contributed by atoms with van der Waals surface area (Å²) in [4.78, 5) is 38.7. The average molecular weight is 346 g/mol. The number of hydrogen-bond acceptors (Lipinski definition) is 4. The molecule has 0 aromatic carbocycles. The fourth-order valence-electron chi connectivity index (χ4n) is 0.895. The maximum absolute atomic E-state index is 10.2. The first kappa shape index (κ1) is 26.3. The Kier molecular flexibility index (Phi) is 15.3. The molecule has 8 heteroatoms. The highest BCUT2D eigenvalue weighted by atomic mass is 16.4. The second-order valence-corrected chi connectivity index (χ2v) is 4.74. The first-order valence-corrected chi connectivity index (χ1v) is 7.08. The highest BCUT2D eigenvalue weighted by molar-refractivity contribution is 6.27. The monoisotopic (exact) mass is 346 g/mol. The van der Waals surface area contributed by atoms with Gasteiger partial charge in [-0.15, -0.1) is 0 Å². The number of allylic oxidation sites excluding steroid dienone is 2. The van der Waals surface area contributed by atoms with Crippen molar-refractivity contribution >= 4 is 23.9 Å². The van der Waals surface area contributed by atoms with Gasteiger partial charge in [0.25, 0.3) is 0 Å². The molecule has 0 fully saturated rings. The van der Waals surface area contributed by atoms with Crippen LogP contribution in [-0.4, -0.2) is 44.3 Å². The molecule has 24 heavy (non-hydrogen) atoms. The van der Waals surface area contributed by atoms with E-state index in [0.717, 1.165) is 24.0 Å². The lowest BCUT2D eigenvalue weighted by Crippen LogP contribution is -2.09. The van der Waals surface area contributed by atoms with Crippen LogP contribution in [0.1, 0.15) is 54.4 Å². The van der Waals surface area contributed by atoms with E-state index in [-0.39, 0.29) is 0 Å². The largest absolute Gasteiger partial charge is 0.478 e. The maximum atomic E-state index is 10.2. The third-order valence-electron chi connectivity index (χ3n) is 3.17. The molecule has 0 aromatic heterocycles. The van der Waals surface area contributed by atoms with Crippen molar-refractivity contribution in [3.63, 3.8) is 0 Å². The molecule has 4 N–H and O–H groups in total. The molecule has 0 aliphatic rings. The normalized spacial score (nSPS) is 11.4.